The molecule has 5 nitrogen and oxygen atoms in total. The first-order valence-electron chi connectivity index (χ1n) is 9.13. The molecule has 0 bridgehead atoms. The highest BCUT2D eigenvalue weighted by Crippen LogP contribution is 2.28. The second-order valence-corrected chi connectivity index (χ2v) is 7.19. The van der Waals surface area contributed by atoms with Crippen molar-refractivity contribution in [2.75, 3.05) is 37.8 Å². The highest BCUT2D eigenvalue weighted by atomic mass is 16.1. The number of hydrogen-bond donors (Lipinski definition) is 2. The minimum Gasteiger partial charge on any atom is -0.384 e. The van der Waals surface area contributed by atoms with Crippen LogP contribution in [-0.4, -0.2) is 43.0 Å². The van der Waals surface area contributed by atoms with E-state index in [0.717, 1.165) is 42.0 Å². The lowest BCUT2D eigenvalue weighted by molar-refractivity contribution is 0.102. The minimum absolute atomic E-state index is 0.134. The smallest absolute Gasteiger partial charge is 0.257 e. The molecular formula is C21H30N4O. The standard InChI is InChI=1S/C21H30N4O/c1-15(2)19-9-6-8-16(3)20(19)24-21(26)17-12-18(14-22-13-17)23-10-7-11-25(4)5/h6,8-9,12-15,23H,7,10-11H2,1-5H3,(H,24,26). The van der Waals surface area contributed by atoms with Crippen molar-refractivity contribution in [2.45, 2.75) is 33.1 Å². The maximum atomic E-state index is 12.7. The molecule has 26 heavy (non-hydrogen) atoms. The second kappa shape index (κ2) is 9.34. The van der Waals surface area contributed by atoms with E-state index in [9.17, 15) is 4.79 Å². The van der Waals surface area contributed by atoms with Gasteiger partial charge < -0.3 is 15.5 Å². The summed E-state index contributed by atoms with van der Waals surface area (Å²) in [6.45, 7) is 8.14. The fourth-order valence-corrected chi connectivity index (χ4v) is 2.82. The highest BCUT2D eigenvalue weighted by Gasteiger charge is 2.14. The van der Waals surface area contributed by atoms with Gasteiger partial charge in [-0.3, -0.25) is 9.78 Å². The van der Waals surface area contributed by atoms with Crippen LogP contribution in [0.25, 0.3) is 0 Å². The zero-order chi connectivity index (χ0) is 19.1. The van der Waals surface area contributed by atoms with Crippen molar-refractivity contribution in [1.82, 2.24) is 9.88 Å². The molecule has 140 valence electrons. The number of nitrogens with one attached hydrogen (secondary N) is 2. The lowest BCUT2D eigenvalue weighted by Gasteiger charge is -2.16. The normalized spacial score (nSPS) is 11.0. The number of nitrogens with zero attached hydrogens (tertiary/aromatic N) is 2. The fourth-order valence-electron chi connectivity index (χ4n) is 2.82. The van der Waals surface area contributed by atoms with E-state index in [2.05, 4.69) is 54.5 Å². The molecule has 0 aliphatic rings. The van der Waals surface area contributed by atoms with Crippen LogP contribution in [0.5, 0.6) is 0 Å². The SMILES string of the molecule is Cc1cccc(C(C)C)c1NC(=O)c1cncc(NCCCN(C)C)c1. The molecule has 1 aromatic carbocycles. The van der Waals surface area contributed by atoms with Gasteiger partial charge in [0.05, 0.1) is 11.3 Å². The summed E-state index contributed by atoms with van der Waals surface area (Å²) in [5.74, 6) is 0.207. The van der Waals surface area contributed by atoms with Crippen LogP contribution in [0.1, 0.15) is 47.7 Å². The second-order valence-electron chi connectivity index (χ2n) is 7.19. The lowest BCUT2D eigenvalue weighted by atomic mass is 9.98. The fraction of sp³-hybridized carbons (Fsp3) is 0.429. The predicted molar refractivity (Wildman–Crippen MR) is 109 cm³/mol. The number of amides is 1. The van der Waals surface area contributed by atoms with E-state index in [1.165, 1.54) is 0 Å². The van der Waals surface area contributed by atoms with Gasteiger partial charge in [0, 0.05) is 24.6 Å². The third-order valence-electron chi connectivity index (χ3n) is 4.28. The van der Waals surface area contributed by atoms with Gasteiger partial charge in [0.25, 0.3) is 5.91 Å². The van der Waals surface area contributed by atoms with Gasteiger partial charge in [-0.1, -0.05) is 32.0 Å². The van der Waals surface area contributed by atoms with E-state index in [1.807, 2.05) is 25.1 Å². The molecule has 2 N–H and O–H groups in total. The van der Waals surface area contributed by atoms with E-state index < -0.39 is 0 Å². The Kier molecular flexibility index (Phi) is 7.16. The molecule has 1 amide bonds. The Hall–Kier alpha value is -2.40. The molecule has 0 atom stereocenters. The summed E-state index contributed by atoms with van der Waals surface area (Å²) >= 11 is 0. The summed E-state index contributed by atoms with van der Waals surface area (Å²) in [5.41, 5.74) is 4.53. The van der Waals surface area contributed by atoms with Crippen LogP contribution in [0, 0.1) is 6.92 Å². The van der Waals surface area contributed by atoms with Gasteiger partial charge in [0.15, 0.2) is 0 Å². The number of aromatic nitrogens is 1. The number of aryl methyl sites for hydroxylation is 1. The van der Waals surface area contributed by atoms with Crippen LogP contribution in [0.4, 0.5) is 11.4 Å². The molecule has 2 rings (SSSR count). The quantitative estimate of drug-likeness (QED) is 0.700. The van der Waals surface area contributed by atoms with Crippen molar-refractivity contribution in [1.29, 1.82) is 0 Å². The van der Waals surface area contributed by atoms with Gasteiger partial charge in [-0.05, 0) is 57.1 Å². The number of para-hydroxylation sites is 1. The molecule has 1 aromatic heterocycles. The molecule has 0 saturated carbocycles. The van der Waals surface area contributed by atoms with Crippen molar-refractivity contribution in [3.05, 3.63) is 53.3 Å². The Bertz CT molecular complexity index is 741. The zero-order valence-electron chi connectivity index (χ0n) is 16.5. The molecule has 2 aromatic rings. The van der Waals surface area contributed by atoms with Crippen LogP contribution < -0.4 is 10.6 Å². The van der Waals surface area contributed by atoms with Gasteiger partial charge in [-0.2, -0.15) is 0 Å². The van der Waals surface area contributed by atoms with Crippen molar-refractivity contribution >= 4 is 17.3 Å². The first-order chi connectivity index (χ1) is 12.4. The Labute approximate surface area is 156 Å². The first-order valence-corrected chi connectivity index (χ1v) is 9.13. The lowest BCUT2D eigenvalue weighted by Crippen LogP contribution is -2.17. The molecule has 0 aliphatic heterocycles. The van der Waals surface area contributed by atoms with Gasteiger partial charge in [0.1, 0.15) is 0 Å². The third-order valence-corrected chi connectivity index (χ3v) is 4.28. The summed E-state index contributed by atoms with van der Waals surface area (Å²) in [6.07, 6.45) is 4.39. The van der Waals surface area contributed by atoms with E-state index in [0.29, 0.717) is 11.5 Å². The Morgan fingerprint density at radius 3 is 2.69 bits per heavy atom. The van der Waals surface area contributed by atoms with Crippen LogP contribution in [0.2, 0.25) is 0 Å². The number of benzene rings is 1. The summed E-state index contributed by atoms with van der Waals surface area (Å²) in [7, 11) is 4.12. The average molecular weight is 354 g/mol. The molecule has 0 radical (unpaired) electrons. The molecule has 0 fully saturated rings. The van der Waals surface area contributed by atoms with E-state index in [4.69, 9.17) is 0 Å². The largest absolute Gasteiger partial charge is 0.384 e. The number of rotatable bonds is 8. The van der Waals surface area contributed by atoms with Gasteiger partial charge in [-0.15, -0.1) is 0 Å². The zero-order valence-corrected chi connectivity index (χ0v) is 16.5. The molecule has 0 saturated heterocycles. The maximum Gasteiger partial charge on any atom is 0.257 e. The van der Waals surface area contributed by atoms with Gasteiger partial charge >= 0.3 is 0 Å². The Morgan fingerprint density at radius 2 is 2.00 bits per heavy atom. The van der Waals surface area contributed by atoms with Gasteiger partial charge in [-0.25, -0.2) is 0 Å². The molecular weight excluding hydrogens is 324 g/mol. The summed E-state index contributed by atoms with van der Waals surface area (Å²) < 4.78 is 0. The molecule has 1 heterocycles. The van der Waals surface area contributed by atoms with Crippen LogP contribution in [0.15, 0.2) is 36.7 Å². The topological polar surface area (TPSA) is 57.3 Å². The molecule has 0 aliphatic carbocycles. The first kappa shape index (κ1) is 19.9. The van der Waals surface area contributed by atoms with Crippen LogP contribution in [0.3, 0.4) is 0 Å². The third kappa shape index (κ3) is 5.56. The number of pyridine rings is 1. The number of carbonyl (C=O) groups excluding carboxylic acids is 1. The number of hydrogen-bond acceptors (Lipinski definition) is 4. The highest BCUT2D eigenvalue weighted by molar-refractivity contribution is 6.05. The predicted octanol–water partition coefficient (Wildman–Crippen LogP) is 4.13. The van der Waals surface area contributed by atoms with Gasteiger partial charge in [0.2, 0.25) is 0 Å². The Morgan fingerprint density at radius 1 is 1.23 bits per heavy atom. The summed E-state index contributed by atoms with van der Waals surface area (Å²) in [5, 5.41) is 6.40. The molecule has 0 spiro atoms. The van der Waals surface area contributed by atoms with E-state index in [-0.39, 0.29) is 5.91 Å². The monoisotopic (exact) mass is 354 g/mol. The van der Waals surface area contributed by atoms with E-state index >= 15 is 0 Å². The maximum absolute atomic E-state index is 12.7. The van der Waals surface area contributed by atoms with E-state index in [1.54, 1.807) is 12.4 Å². The Balaban J connectivity index is 2.08. The van der Waals surface area contributed by atoms with Crippen molar-refractivity contribution in [3.63, 3.8) is 0 Å². The average Bonchev–Trinajstić information content (AvgIpc) is 2.60. The van der Waals surface area contributed by atoms with Crippen molar-refractivity contribution < 1.29 is 4.79 Å². The van der Waals surface area contributed by atoms with Crippen molar-refractivity contribution in [3.8, 4) is 0 Å². The number of anilines is 2. The summed E-state index contributed by atoms with van der Waals surface area (Å²) in [6, 6.07) is 7.96. The molecule has 5 heteroatoms. The summed E-state index contributed by atoms with van der Waals surface area (Å²) in [4.78, 5) is 19.1. The van der Waals surface area contributed by atoms with Crippen LogP contribution >= 0.6 is 0 Å². The number of carbonyl (C=O) groups is 1. The molecule has 0 unspecified atom stereocenters. The van der Waals surface area contributed by atoms with Crippen LogP contribution in [-0.2, 0) is 0 Å². The van der Waals surface area contributed by atoms with Crippen molar-refractivity contribution in [2.24, 2.45) is 0 Å². The minimum atomic E-state index is -0.134.